The summed E-state index contributed by atoms with van der Waals surface area (Å²) in [4.78, 5) is 26.9. The van der Waals surface area contributed by atoms with Crippen molar-refractivity contribution in [1.82, 2.24) is 10.3 Å². The van der Waals surface area contributed by atoms with Gasteiger partial charge in [0.15, 0.2) is 5.69 Å². The number of nitrogens with one attached hydrogen (secondary N) is 1. The maximum atomic E-state index is 12.6. The summed E-state index contributed by atoms with van der Waals surface area (Å²) in [5, 5.41) is 3.79. The average Bonchev–Trinajstić information content (AvgIpc) is 3.10. The molecular formula is C13H15F3N2O3S. The molecule has 1 aliphatic carbocycles. The number of amides is 1. The lowest BCUT2D eigenvalue weighted by molar-refractivity contribution is -0.143. The van der Waals surface area contributed by atoms with Crippen LogP contribution in [0.1, 0.15) is 36.5 Å². The lowest BCUT2D eigenvalue weighted by Gasteiger charge is -2.14. The molecule has 2 rings (SSSR count). The monoisotopic (exact) mass is 336 g/mol. The van der Waals surface area contributed by atoms with Crippen LogP contribution >= 0.6 is 11.3 Å². The van der Waals surface area contributed by atoms with Gasteiger partial charge in [0, 0.05) is 5.38 Å². The van der Waals surface area contributed by atoms with Crippen molar-refractivity contribution in [3.05, 3.63) is 16.1 Å². The van der Waals surface area contributed by atoms with Gasteiger partial charge >= 0.3 is 12.1 Å². The Morgan fingerprint density at radius 2 is 2.18 bits per heavy atom. The number of ether oxygens (including phenoxy) is 1. The van der Waals surface area contributed by atoms with Gasteiger partial charge in [0.05, 0.1) is 25.0 Å². The Labute approximate surface area is 128 Å². The number of esters is 1. The molecule has 0 unspecified atom stereocenters. The van der Waals surface area contributed by atoms with Crippen molar-refractivity contribution in [3.8, 4) is 0 Å². The van der Waals surface area contributed by atoms with E-state index in [1.807, 2.05) is 0 Å². The minimum atomic E-state index is -4.50. The van der Waals surface area contributed by atoms with Gasteiger partial charge in [-0.2, -0.15) is 13.2 Å². The maximum absolute atomic E-state index is 12.6. The smallest absolute Gasteiger partial charge is 0.434 e. The number of hydrogen-bond donors (Lipinski definition) is 1. The Morgan fingerprint density at radius 1 is 1.50 bits per heavy atom. The molecule has 1 aromatic heterocycles. The first-order chi connectivity index (χ1) is 10.3. The molecule has 1 aromatic rings. The van der Waals surface area contributed by atoms with Crippen molar-refractivity contribution < 1.29 is 27.5 Å². The number of methoxy groups -OCH3 is 1. The molecule has 1 heterocycles. The molecule has 5 nitrogen and oxygen atoms in total. The average molecular weight is 336 g/mol. The van der Waals surface area contributed by atoms with E-state index in [2.05, 4.69) is 15.0 Å². The highest BCUT2D eigenvalue weighted by Gasteiger charge is 2.49. The molecule has 0 saturated heterocycles. The van der Waals surface area contributed by atoms with Gasteiger partial charge in [-0.3, -0.25) is 9.59 Å². The summed E-state index contributed by atoms with van der Waals surface area (Å²) in [6.45, 7) is 1.74. The van der Waals surface area contributed by atoms with Crippen LogP contribution in [-0.2, 0) is 20.5 Å². The van der Waals surface area contributed by atoms with Crippen LogP contribution in [0.4, 0.5) is 13.2 Å². The minimum absolute atomic E-state index is 0.207. The van der Waals surface area contributed by atoms with E-state index < -0.39 is 35.7 Å². The first-order valence-electron chi connectivity index (χ1n) is 6.68. The molecule has 22 heavy (non-hydrogen) atoms. The molecule has 3 atom stereocenters. The first kappa shape index (κ1) is 16.7. The van der Waals surface area contributed by atoms with E-state index in [0.29, 0.717) is 12.8 Å². The molecule has 1 amide bonds. The summed E-state index contributed by atoms with van der Waals surface area (Å²) in [5.41, 5.74) is -0.959. The molecular weight excluding hydrogens is 321 g/mol. The summed E-state index contributed by atoms with van der Waals surface area (Å²) in [6, 6.07) is -0.590. The molecule has 0 radical (unpaired) electrons. The van der Waals surface area contributed by atoms with Crippen LogP contribution in [0.25, 0.3) is 0 Å². The zero-order chi connectivity index (χ0) is 16.5. The third kappa shape index (κ3) is 3.57. The molecule has 0 spiro atoms. The number of rotatable bonds is 5. The largest absolute Gasteiger partial charge is 0.469 e. The number of carbonyl (C=O) groups excluding carboxylic acids is 2. The summed E-state index contributed by atoms with van der Waals surface area (Å²) >= 11 is 0.857. The van der Waals surface area contributed by atoms with Crippen LogP contribution < -0.4 is 5.32 Å². The SMILES string of the molecule is CC[C@@H](NC(=O)[C@@H]1C[C@@H]1C(=O)OC)c1nc(C(F)(F)F)cs1. The highest BCUT2D eigenvalue weighted by atomic mass is 32.1. The van der Waals surface area contributed by atoms with Gasteiger partial charge in [-0.1, -0.05) is 6.92 Å². The number of thiazole rings is 1. The second kappa shape index (κ2) is 6.23. The Kier molecular flexibility index (Phi) is 4.74. The molecule has 9 heteroatoms. The van der Waals surface area contributed by atoms with Gasteiger partial charge in [0.1, 0.15) is 5.01 Å². The van der Waals surface area contributed by atoms with Gasteiger partial charge in [-0.05, 0) is 12.8 Å². The van der Waals surface area contributed by atoms with Crippen LogP contribution in [0.2, 0.25) is 0 Å². The van der Waals surface area contributed by atoms with Crippen LogP contribution in [0.15, 0.2) is 5.38 Å². The molecule has 0 aromatic carbocycles. The number of carbonyl (C=O) groups is 2. The minimum Gasteiger partial charge on any atom is -0.469 e. The van der Waals surface area contributed by atoms with Crippen LogP contribution in [0, 0.1) is 11.8 Å². The molecule has 1 aliphatic rings. The van der Waals surface area contributed by atoms with Gasteiger partial charge < -0.3 is 10.1 Å². The van der Waals surface area contributed by atoms with E-state index in [0.717, 1.165) is 16.7 Å². The van der Waals surface area contributed by atoms with Crippen LogP contribution in [0.3, 0.4) is 0 Å². The zero-order valence-corrected chi connectivity index (χ0v) is 12.8. The van der Waals surface area contributed by atoms with Gasteiger partial charge in [0.25, 0.3) is 0 Å². The highest BCUT2D eigenvalue weighted by molar-refractivity contribution is 7.09. The quantitative estimate of drug-likeness (QED) is 0.839. The fraction of sp³-hybridized carbons (Fsp3) is 0.615. The summed E-state index contributed by atoms with van der Waals surface area (Å²) in [5.74, 6) is -1.72. The Hall–Kier alpha value is -1.64. The first-order valence-corrected chi connectivity index (χ1v) is 7.56. The fourth-order valence-electron chi connectivity index (χ4n) is 2.09. The number of alkyl halides is 3. The molecule has 1 N–H and O–H groups in total. The number of halogens is 3. The lowest BCUT2D eigenvalue weighted by atomic mass is 10.2. The van der Waals surface area contributed by atoms with Crippen molar-refractivity contribution in [2.75, 3.05) is 7.11 Å². The maximum Gasteiger partial charge on any atom is 0.434 e. The normalized spacial score (nSPS) is 22.0. The number of nitrogens with zero attached hydrogens (tertiary/aromatic N) is 1. The predicted octanol–water partition coefficient (Wildman–Crippen LogP) is 2.54. The van der Waals surface area contributed by atoms with Gasteiger partial charge in [-0.25, -0.2) is 4.98 Å². The van der Waals surface area contributed by atoms with E-state index in [-0.39, 0.29) is 10.9 Å². The molecule has 1 saturated carbocycles. The van der Waals surface area contributed by atoms with Gasteiger partial charge in [0.2, 0.25) is 5.91 Å². The van der Waals surface area contributed by atoms with Crippen molar-refractivity contribution in [2.24, 2.45) is 11.8 Å². The van der Waals surface area contributed by atoms with Gasteiger partial charge in [-0.15, -0.1) is 11.3 Å². The second-order valence-corrected chi connectivity index (χ2v) is 5.90. The summed E-state index contributed by atoms with van der Waals surface area (Å²) in [6.07, 6.45) is -3.68. The topological polar surface area (TPSA) is 68.3 Å². The molecule has 0 aliphatic heterocycles. The molecule has 122 valence electrons. The Morgan fingerprint density at radius 3 is 2.68 bits per heavy atom. The Balaban J connectivity index is 2.00. The zero-order valence-electron chi connectivity index (χ0n) is 11.9. The number of aromatic nitrogens is 1. The Bertz CT molecular complexity index is 573. The van der Waals surface area contributed by atoms with Crippen molar-refractivity contribution >= 4 is 23.2 Å². The van der Waals surface area contributed by atoms with Crippen molar-refractivity contribution in [3.63, 3.8) is 0 Å². The highest BCUT2D eigenvalue weighted by Crippen LogP contribution is 2.40. The van der Waals surface area contributed by atoms with Crippen LogP contribution in [-0.4, -0.2) is 24.0 Å². The fourth-order valence-corrected chi connectivity index (χ4v) is 3.05. The summed E-state index contributed by atoms with van der Waals surface area (Å²) in [7, 11) is 1.25. The van der Waals surface area contributed by atoms with E-state index in [4.69, 9.17) is 0 Å². The van der Waals surface area contributed by atoms with E-state index in [1.54, 1.807) is 6.92 Å². The molecule has 0 bridgehead atoms. The van der Waals surface area contributed by atoms with Crippen molar-refractivity contribution in [2.45, 2.75) is 32.0 Å². The van der Waals surface area contributed by atoms with E-state index >= 15 is 0 Å². The molecule has 1 fully saturated rings. The summed E-state index contributed by atoms with van der Waals surface area (Å²) < 4.78 is 42.2. The van der Waals surface area contributed by atoms with Crippen molar-refractivity contribution in [1.29, 1.82) is 0 Å². The predicted molar refractivity (Wildman–Crippen MR) is 71.9 cm³/mol. The number of hydrogen-bond acceptors (Lipinski definition) is 5. The van der Waals surface area contributed by atoms with E-state index in [9.17, 15) is 22.8 Å². The third-order valence-electron chi connectivity index (χ3n) is 3.47. The van der Waals surface area contributed by atoms with E-state index in [1.165, 1.54) is 7.11 Å². The second-order valence-electron chi connectivity index (χ2n) is 5.01. The van der Waals surface area contributed by atoms with Crippen LogP contribution in [0.5, 0.6) is 0 Å². The standard InChI is InChI=1S/C13H15F3N2O3S/c1-3-8(11-18-9(5-22-11)13(14,15)16)17-10(19)6-4-7(6)12(20)21-2/h5-8H,3-4H2,1-2H3,(H,17,19)/t6-,7+,8-/m1/s1. The third-order valence-corrected chi connectivity index (χ3v) is 4.42. The lowest BCUT2D eigenvalue weighted by Crippen LogP contribution is -2.30.